The van der Waals surface area contributed by atoms with E-state index >= 15 is 0 Å². The lowest BCUT2D eigenvalue weighted by molar-refractivity contribution is 0.00118. The van der Waals surface area contributed by atoms with Crippen molar-refractivity contribution in [1.82, 2.24) is 4.90 Å². The maximum Gasteiger partial charge on any atom is 0.184 e. The molecule has 1 fully saturated rings. The lowest BCUT2D eigenvalue weighted by Crippen LogP contribution is -2.59. The fourth-order valence-corrected chi connectivity index (χ4v) is 7.51. The molecule has 3 heterocycles. The summed E-state index contributed by atoms with van der Waals surface area (Å²) in [5, 5.41) is 2.09. The number of hydrogen-bond acceptors (Lipinski definition) is 4. The van der Waals surface area contributed by atoms with E-state index in [4.69, 9.17) is 4.74 Å². The van der Waals surface area contributed by atoms with Gasteiger partial charge in [-0.3, -0.25) is 9.69 Å². The summed E-state index contributed by atoms with van der Waals surface area (Å²) >= 11 is 1.75. The molecule has 34 heavy (non-hydrogen) atoms. The van der Waals surface area contributed by atoms with Crippen molar-refractivity contribution in [2.24, 2.45) is 0 Å². The molecule has 3 atom stereocenters. The van der Waals surface area contributed by atoms with Crippen LogP contribution in [0.1, 0.15) is 76.4 Å². The summed E-state index contributed by atoms with van der Waals surface area (Å²) in [6.45, 7) is 2.72. The number of piperidine rings is 1. The quantitative estimate of drug-likeness (QED) is 0.419. The van der Waals surface area contributed by atoms with Crippen molar-refractivity contribution < 1.29 is 9.53 Å². The van der Waals surface area contributed by atoms with Crippen LogP contribution in [0.4, 0.5) is 0 Å². The van der Waals surface area contributed by atoms with Crippen LogP contribution in [0, 0.1) is 0 Å². The molecule has 3 aromatic rings. The van der Waals surface area contributed by atoms with Gasteiger partial charge in [0.05, 0.1) is 18.2 Å². The minimum atomic E-state index is -0.273. The summed E-state index contributed by atoms with van der Waals surface area (Å²) in [4.78, 5) is 17.5. The molecule has 3 unspecified atom stereocenters. The highest BCUT2D eigenvalue weighted by Crippen LogP contribution is 2.42. The van der Waals surface area contributed by atoms with Crippen molar-refractivity contribution in [2.75, 3.05) is 13.1 Å². The number of ketones is 1. The Morgan fingerprint density at radius 3 is 2.76 bits per heavy atom. The summed E-state index contributed by atoms with van der Waals surface area (Å²) in [5.41, 5.74) is 4.78. The summed E-state index contributed by atoms with van der Waals surface area (Å²) in [7, 11) is 0. The Morgan fingerprint density at radius 2 is 1.85 bits per heavy atom. The second-order valence-electron chi connectivity index (χ2n) is 10.1. The molecule has 1 spiro atoms. The molecule has 0 N–H and O–H groups in total. The molecule has 1 aliphatic carbocycles. The van der Waals surface area contributed by atoms with Gasteiger partial charge in [-0.15, -0.1) is 11.3 Å². The molecule has 3 aliphatic rings. The number of thiophene rings is 1. The SMILES string of the molecule is O=C1c2ccsc2CCC12CCCCN2CCCC1OCc2ccccc2C1c1ccccc1. The van der Waals surface area contributed by atoms with Crippen molar-refractivity contribution in [2.45, 2.75) is 69.1 Å². The summed E-state index contributed by atoms with van der Waals surface area (Å²) in [6, 6.07) is 21.6. The molecule has 2 aromatic carbocycles. The first-order valence-corrected chi connectivity index (χ1v) is 13.7. The van der Waals surface area contributed by atoms with Gasteiger partial charge in [-0.2, -0.15) is 0 Å². The first-order valence-electron chi connectivity index (χ1n) is 12.9. The van der Waals surface area contributed by atoms with Gasteiger partial charge in [0.15, 0.2) is 5.78 Å². The van der Waals surface area contributed by atoms with E-state index in [2.05, 4.69) is 70.9 Å². The number of fused-ring (bicyclic) bond motifs is 2. The van der Waals surface area contributed by atoms with Crippen molar-refractivity contribution in [3.8, 4) is 0 Å². The van der Waals surface area contributed by atoms with Crippen molar-refractivity contribution in [3.63, 3.8) is 0 Å². The maximum atomic E-state index is 13.6. The summed E-state index contributed by atoms with van der Waals surface area (Å²) in [6.07, 6.45) is 7.66. The van der Waals surface area contributed by atoms with E-state index in [1.54, 1.807) is 11.3 Å². The molecule has 0 amide bonds. The first kappa shape index (κ1) is 22.2. The molecule has 6 rings (SSSR count). The molecule has 2 aliphatic heterocycles. The monoisotopic (exact) mass is 471 g/mol. The zero-order valence-electron chi connectivity index (χ0n) is 19.7. The number of benzene rings is 2. The van der Waals surface area contributed by atoms with Gasteiger partial charge in [0.2, 0.25) is 0 Å². The third kappa shape index (κ3) is 3.86. The van der Waals surface area contributed by atoms with Gasteiger partial charge >= 0.3 is 0 Å². The number of carbonyl (C=O) groups is 1. The van der Waals surface area contributed by atoms with Crippen molar-refractivity contribution in [1.29, 1.82) is 0 Å². The fourth-order valence-electron chi connectivity index (χ4n) is 6.63. The van der Waals surface area contributed by atoms with E-state index in [0.717, 1.165) is 50.8 Å². The highest BCUT2D eigenvalue weighted by Gasteiger charge is 2.48. The topological polar surface area (TPSA) is 29.5 Å². The third-order valence-corrected chi connectivity index (χ3v) is 9.32. The Kier molecular flexibility index (Phi) is 6.15. The largest absolute Gasteiger partial charge is 0.373 e. The zero-order chi connectivity index (χ0) is 23.0. The van der Waals surface area contributed by atoms with E-state index in [1.807, 2.05) is 0 Å². The lowest BCUT2D eigenvalue weighted by Gasteiger charge is -2.48. The number of rotatable bonds is 5. The van der Waals surface area contributed by atoms with Gasteiger partial charge in [0, 0.05) is 16.4 Å². The number of carbonyl (C=O) groups excluding carboxylic acids is 1. The predicted molar refractivity (Wildman–Crippen MR) is 138 cm³/mol. The average Bonchev–Trinajstić information content (AvgIpc) is 3.37. The second kappa shape index (κ2) is 9.41. The molecule has 0 saturated carbocycles. The van der Waals surface area contributed by atoms with Crippen LogP contribution in [-0.2, 0) is 17.8 Å². The normalized spacial score (nSPS) is 26.9. The number of ether oxygens (including phenoxy) is 1. The maximum absolute atomic E-state index is 13.6. The number of Topliss-reactive ketones (excluding diaryl/α,β-unsaturated/α-hetero) is 1. The van der Waals surface area contributed by atoms with Crippen molar-refractivity contribution >= 4 is 17.1 Å². The highest BCUT2D eigenvalue weighted by molar-refractivity contribution is 7.10. The van der Waals surface area contributed by atoms with Crippen LogP contribution in [0.25, 0.3) is 0 Å². The molecule has 0 radical (unpaired) electrons. The minimum absolute atomic E-state index is 0.170. The molecule has 1 aromatic heterocycles. The van der Waals surface area contributed by atoms with Gasteiger partial charge in [-0.1, -0.05) is 54.6 Å². The smallest absolute Gasteiger partial charge is 0.184 e. The van der Waals surface area contributed by atoms with E-state index in [1.165, 1.54) is 34.4 Å². The van der Waals surface area contributed by atoms with Gasteiger partial charge in [-0.05, 0) is 86.2 Å². The molecule has 3 nitrogen and oxygen atoms in total. The van der Waals surface area contributed by atoms with Gasteiger partial charge in [-0.25, -0.2) is 0 Å². The molecular formula is C30H33NO2S. The van der Waals surface area contributed by atoms with Crippen LogP contribution in [0.2, 0.25) is 0 Å². The minimum Gasteiger partial charge on any atom is -0.373 e. The van der Waals surface area contributed by atoms with Crippen molar-refractivity contribution in [3.05, 3.63) is 93.2 Å². The van der Waals surface area contributed by atoms with Gasteiger partial charge < -0.3 is 4.74 Å². The van der Waals surface area contributed by atoms with Crippen LogP contribution < -0.4 is 0 Å². The molecule has 176 valence electrons. The Morgan fingerprint density at radius 1 is 1.00 bits per heavy atom. The Bertz CT molecular complexity index is 1160. The Hall–Kier alpha value is -2.27. The highest BCUT2D eigenvalue weighted by atomic mass is 32.1. The van der Waals surface area contributed by atoms with Crippen LogP contribution in [0.3, 0.4) is 0 Å². The van der Waals surface area contributed by atoms with Crippen LogP contribution in [0.15, 0.2) is 66.0 Å². The predicted octanol–water partition coefficient (Wildman–Crippen LogP) is 6.61. The van der Waals surface area contributed by atoms with E-state index in [0.29, 0.717) is 12.4 Å². The molecule has 0 bridgehead atoms. The van der Waals surface area contributed by atoms with E-state index < -0.39 is 0 Å². The van der Waals surface area contributed by atoms with E-state index in [-0.39, 0.29) is 17.6 Å². The molecule has 1 saturated heterocycles. The van der Waals surface area contributed by atoms with Gasteiger partial charge in [0.25, 0.3) is 0 Å². The number of hydrogen-bond donors (Lipinski definition) is 0. The first-order chi connectivity index (χ1) is 16.8. The lowest BCUT2D eigenvalue weighted by atomic mass is 9.73. The van der Waals surface area contributed by atoms with Crippen LogP contribution in [-0.4, -0.2) is 35.4 Å². The standard InChI is InChI=1S/C30H33NO2S/c32-29-25-15-20-34-27(25)14-17-30(29)16-6-7-18-31(30)19-8-13-26-28(22-9-2-1-3-10-22)24-12-5-4-11-23(24)21-33-26/h1-5,9-12,15,20,26,28H,6-8,13-14,16-19,21H2. The van der Waals surface area contributed by atoms with E-state index in [9.17, 15) is 4.79 Å². The van der Waals surface area contributed by atoms with Crippen LogP contribution in [0.5, 0.6) is 0 Å². The number of nitrogens with zero attached hydrogens (tertiary/aromatic N) is 1. The Labute approximate surface area is 206 Å². The third-order valence-electron chi connectivity index (χ3n) is 8.34. The average molecular weight is 472 g/mol. The van der Waals surface area contributed by atoms with Crippen LogP contribution >= 0.6 is 11.3 Å². The number of aryl methyl sites for hydroxylation is 1. The summed E-state index contributed by atoms with van der Waals surface area (Å²) < 4.78 is 6.47. The molecular weight excluding hydrogens is 438 g/mol. The summed E-state index contributed by atoms with van der Waals surface area (Å²) in [5.74, 6) is 0.658. The molecule has 4 heteroatoms. The zero-order valence-corrected chi connectivity index (χ0v) is 20.6. The number of likely N-dealkylation sites (tertiary alicyclic amines) is 1. The Balaban J connectivity index is 1.19. The van der Waals surface area contributed by atoms with Gasteiger partial charge in [0.1, 0.15) is 0 Å². The fraction of sp³-hybridized carbons (Fsp3) is 0.433. The second-order valence-corrected chi connectivity index (χ2v) is 11.1.